The predicted molar refractivity (Wildman–Crippen MR) is 70.0 cm³/mol. The third-order valence-corrected chi connectivity index (χ3v) is 2.70. The van der Waals surface area contributed by atoms with Crippen LogP contribution in [0.5, 0.6) is 0 Å². The molecular formula is C11H12Cl2N2O2. The summed E-state index contributed by atoms with van der Waals surface area (Å²) in [6.07, 6.45) is 0.0521. The molecule has 0 saturated heterocycles. The average molecular weight is 275 g/mol. The van der Waals surface area contributed by atoms with Gasteiger partial charge in [0.05, 0.1) is 15.8 Å². The fourth-order valence-corrected chi connectivity index (χ4v) is 1.20. The van der Waals surface area contributed by atoms with Crippen LogP contribution in [-0.4, -0.2) is 11.8 Å². The van der Waals surface area contributed by atoms with Crippen molar-refractivity contribution in [1.82, 2.24) is 0 Å². The number of rotatable bonds is 3. The molecule has 0 aromatic heterocycles. The summed E-state index contributed by atoms with van der Waals surface area (Å²) in [5.41, 5.74) is 1.23. The molecule has 1 N–H and O–H groups in total. The Hall–Kier alpha value is -1.26. The minimum absolute atomic E-state index is 0.359. The molecule has 0 unspecified atom stereocenters. The van der Waals surface area contributed by atoms with E-state index in [9.17, 15) is 4.79 Å². The lowest BCUT2D eigenvalue weighted by Crippen LogP contribution is -2.11. The standard InChI is InChI=1S/C11H12Cl2N2O2/c1-3-7(2)15-17-11(16)14-8-4-5-9(12)10(13)6-8/h4-6H,3H2,1-2H3,(H,14,16)/b15-7+. The van der Waals surface area contributed by atoms with E-state index in [2.05, 4.69) is 15.3 Å². The number of hydrogen-bond acceptors (Lipinski definition) is 3. The van der Waals surface area contributed by atoms with Gasteiger partial charge in [-0.1, -0.05) is 35.3 Å². The Kier molecular flexibility index (Phi) is 5.25. The largest absolute Gasteiger partial charge is 0.437 e. The first-order valence-corrected chi connectivity index (χ1v) is 5.75. The van der Waals surface area contributed by atoms with Gasteiger partial charge in [0, 0.05) is 5.69 Å². The molecule has 0 aliphatic heterocycles. The van der Waals surface area contributed by atoms with E-state index in [4.69, 9.17) is 23.2 Å². The van der Waals surface area contributed by atoms with Gasteiger partial charge in [-0.3, -0.25) is 10.2 Å². The maximum atomic E-state index is 11.3. The Morgan fingerprint density at radius 1 is 1.41 bits per heavy atom. The molecule has 1 amide bonds. The van der Waals surface area contributed by atoms with Crippen molar-refractivity contribution in [2.75, 3.05) is 5.32 Å². The number of hydrogen-bond donors (Lipinski definition) is 1. The molecule has 0 spiro atoms. The lowest BCUT2D eigenvalue weighted by Gasteiger charge is -2.04. The molecule has 6 heteroatoms. The van der Waals surface area contributed by atoms with Gasteiger partial charge in [-0.05, 0) is 31.5 Å². The smallest absolute Gasteiger partial charge is 0.298 e. The van der Waals surface area contributed by atoms with Gasteiger partial charge >= 0.3 is 6.09 Å². The van der Waals surface area contributed by atoms with Gasteiger partial charge in [0.15, 0.2) is 0 Å². The van der Waals surface area contributed by atoms with E-state index in [-0.39, 0.29) is 0 Å². The maximum Gasteiger partial charge on any atom is 0.437 e. The number of nitrogens with zero attached hydrogens (tertiary/aromatic N) is 1. The van der Waals surface area contributed by atoms with E-state index in [1.807, 2.05) is 6.92 Å². The molecule has 0 aliphatic carbocycles. The molecule has 4 nitrogen and oxygen atoms in total. The van der Waals surface area contributed by atoms with Crippen LogP contribution in [0, 0.1) is 0 Å². The number of carbonyl (C=O) groups is 1. The molecular weight excluding hydrogens is 263 g/mol. The zero-order chi connectivity index (χ0) is 12.8. The zero-order valence-electron chi connectivity index (χ0n) is 9.46. The Morgan fingerprint density at radius 2 is 2.12 bits per heavy atom. The molecule has 1 aromatic carbocycles. The zero-order valence-corrected chi connectivity index (χ0v) is 11.0. The molecule has 0 fully saturated rings. The molecule has 92 valence electrons. The third-order valence-electron chi connectivity index (χ3n) is 1.96. The highest BCUT2D eigenvalue weighted by Crippen LogP contribution is 2.24. The first kappa shape index (κ1) is 13.8. The van der Waals surface area contributed by atoms with Crippen LogP contribution in [0.15, 0.2) is 23.4 Å². The van der Waals surface area contributed by atoms with E-state index >= 15 is 0 Å². The summed E-state index contributed by atoms with van der Waals surface area (Å²) in [6.45, 7) is 3.69. The summed E-state index contributed by atoms with van der Waals surface area (Å²) >= 11 is 11.5. The second-order valence-electron chi connectivity index (χ2n) is 3.31. The molecule has 0 heterocycles. The molecule has 1 aromatic rings. The van der Waals surface area contributed by atoms with Gasteiger partial charge in [0.1, 0.15) is 0 Å². The summed E-state index contributed by atoms with van der Waals surface area (Å²) in [7, 11) is 0. The second kappa shape index (κ2) is 6.47. The Balaban J connectivity index is 2.59. The highest BCUT2D eigenvalue weighted by molar-refractivity contribution is 6.42. The number of benzene rings is 1. The minimum atomic E-state index is -0.670. The van der Waals surface area contributed by atoms with Crippen LogP contribution in [-0.2, 0) is 4.84 Å². The van der Waals surface area contributed by atoms with Crippen LogP contribution in [0.3, 0.4) is 0 Å². The second-order valence-corrected chi connectivity index (χ2v) is 4.13. The Labute approximate surface area is 110 Å². The Morgan fingerprint density at radius 3 is 2.71 bits per heavy atom. The summed E-state index contributed by atoms with van der Waals surface area (Å²) in [6, 6.07) is 4.73. The number of halogens is 2. The van der Waals surface area contributed by atoms with Crippen molar-refractivity contribution in [2.45, 2.75) is 20.3 Å². The lowest BCUT2D eigenvalue weighted by atomic mass is 10.3. The van der Waals surface area contributed by atoms with Crippen LogP contribution >= 0.6 is 23.2 Å². The number of amides is 1. The van der Waals surface area contributed by atoms with Gasteiger partial charge in [-0.2, -0.15) is 0 Å². The number of oxime groups is 1. The van der Waals surface area contributed by atoms with Crippen molar-refractivity contribution in [3.05, 3.63) is 28.2 Å². The molecule has 0 saturated carbocycles. The maximum absolute atomic E-state index is 11.3. The molecule has 0 atom stereocenters. The van der Waals surface area contributed by atoms with E-state index < -0.39 is 6.09 Å². The first-order valence-electron chi connectivity index (χ1n) is 4.99. The van der Waals surface area contributed by atoms with Crippen molar-refractivity contribution < 1.29 is 9.63 Å². The summed E-state index contributed by atoms with van der Waals surface area (Å²) < 4.78 is 0. The van der Waals surface area contributed by atoms with Crippen molar-refractivity contribution in [2.24, 2.45) is 5.16 Å². The van der Waals surface area contributed by atoms with Gasteiger partial charge in [0.2, 0.25) is 0 Å². The van der Waals surface area contributed by atoms with Crippen molar-refractivity contribution >= 4 is 40.7 Å². The predicted octanol–water partition coefficient (Wildman–Crippen LogP) is 4.33. The molecule has 0 aliphatic rings. The van der Waals surface area contributed by atoms with Crippen LogP contribution in [0.2, 0.25) is 10.0 Å². The van der Waals surface area contributed by atoms with Crippen LogP contribution in [0.25, 0.3) is 0 Å². The Bertz CT molecular complexity index is 447. The summed E-state index contributed by atoms with van der Waals surface area (Å²) in [5.74, 6) is 0. The monoisotopic (exact) mass is 274 g/mol. The van der Waals surface area contributed by atoms with Crippen LogP contribution in [0.4, 0.5) is 10.5 Å². The van der Waals surface area contributed by atoms with E-state index in [0.29, 0.717) is 15.7 Å². The topological polar surface area (TPSA) is 50.7 Å². The molecule has 17 heavy (non-hydrogen) atoms. The summed E-state index contributed by atoms with van der Waals surface area (Å²) in [5, 5.41) is 6.88. The third kappa shape index (κ3) is 4.63. The van der Waals surface area contributed by atoms with Gasteiger partial charge in [-0.15, -0.1) is 0 Å². The minimum Gasteiger partial charge on any atom is -0.298 e. The summed E-state index contributed by atoms with van der Waals surface area (Å²) in [4.78, 5) is 15.9. The SMILES string of the molecule is CC/C(C)=N/OC(=O)Nc1ccc(Cl)c(Cl)c1. The van der Waals surface area contributed by atoms with Crippen molar-refractivity contribution in [1.29, 1.82) is 0 Å². The van der Waals surface area contributed by atoms with Crippen molar-refractivity contribution in [3.8, 4) is 0 Å². The highest BCUT2D eigenvalue weighted by atomic mass is 35.5. The number of carbonyl (C=O) groups excluding carboxylic acids is 1. The molecule has 0 radical (unpaired) electrons. The van der Waals surface area contributed by atoms with E-state index in [0.717, 1.165) is 12.1 Å². The molecule has 1 rings (SSSR count). The van der Waals surface area contributed by atoms with Crippen molar-refractivity contribution in [3.63, 3.8) is 0 Å². The lowest BCUT2D eigenvalue weighted by molar-refractivity contribution is 0.166. The van der Waals surface area contributed by atoms with Crippen LogP contribution in [0.1, 0.15) is 20.3 Å². The van der Waals surface area contributed by atoms with E-state index in [1.54, 1.807) is 19.1 Å². The quantitative estimate of drug-likeness (QED) is 0.507. The normalized spacial score (nSPS) is 11.2. The molecule has 0 bridgehead atoms. The fraction of sp³-hybridized carbons (Fsp3) is 0.273. The van der Waals surface area contributed by atoms with Gasteiger partial charge in [-0.25, -0.2) is 4.79 Å². The van der Waals surface area contributed by atoms with Gasteiger partial charge in [0.25, 0.3) is 0 Å². The number of anilines is 1. The van der Waals surface area contributed by atoms with E-state index in [1.165, 1.54) is 6.07 Å². The highest BCUT2D eigenvalue weighted by Gasteiger charge is 2.05. The first-order chi connectivity index (χ1) is 8.02. The average Bonchev–Trinajstić information content (AvgIpc) is 2.31. The van der Waals surface area contributed by atoms with Gasteiger partial charge < -0.3 is 0 Å². The van der Waals surface area contributed by atoms with Crippen LogP contribution < -0.4 is 5.32 Å². The number of nitrogens with one attached hydrogen (secondary N) is 1. The fourth-order valence-electron chi connectivity index (χ4n) is 0.898.